The Morgan fingerprint density at radius 1 is 1.10 bits per heavy atom. The molecule has 1 aliphatic carbocycles. The molecule has 29 heavy (non-hydrogen) atoms. The molecular formula is C23H31N5O. The summed E-state index contributed by atoms with van der Waals surface area (Å²) < 4.78 is 7.29. The summed E-state index contributed by atoms with van der Waals surface area (Å²) in [5.74, 6) is 1.97. The SMILES string of the molecule is CCN(CC)CCNc1c2c(nc3cc(-c4ccc(OC)cc4)nn13)CCCC2. The van der Waals surface area contributed by atoms with Crippen molar-refractivity contribution in [2.45, 2.75) is 39.5 Å². The van der Waals surface area contributed by atoms with Crippen LogP contribution >= 0.6 is 0 Å². The lowest BCUT2D eigenvalue weighted by molar-refractivity contribution is 0.316. The van der Waals surface area contributed by atoms with Gasteiger partial charge in [-0.25, -0.2) is 4.98 Å². The summed E-state index contributed by atoms with van der Waals surface area (Å²) in [6.07, 6.45) is 4.56. The molecule has 0 bridgehead atoms. The van der Waals surface area contributed by atoms with E-state index in [9.17, 15) is 0 Å². The number of benzene rings is 1. The zero-order valence-corrected chi connectivity index (χ0v) is 17.7. The van der Waals surface area contributed by atoms with E-state index in [-0.39, 0.29) is 0 Å². The molecular weight excluding hydrogens is 362 g/mol. The molecule has 3 aromatic rings. The van der Waals surface area contributed by atoms with Crippen LogP contribution in [0.5, 0.6) is 5.75 Å². The van der Waals surface area contributed by atoms with Crippen molar-refractivity contribution in [3.63, 3.8) is 0 Å². The second-order valence-corrected chi connectivity index (χ2v) is 7.57. The Hall–Kier alpha value is -2.60. The first kappa shape index (κ1) is 19.7. The van der Waals surface area contributed by atoms with Crippen LogP contribution in [0.2, 0.25) is 0 Å². The smallest absolute Gasteiger partial charge is 0.158 e. The molecule has 1 aliphatic rings. The van der Waals surface area contributed by atoms with E-state index in [1.54, 1.807) is 7.11 Å². The number of ether oxygens (including phenoxy) is 1. The fourth-order valence-corrected chi connectivity index (χ4v) is 4.11. The maximum absolute atomic E-state index is 5.28. The van der Waals surface area contributed by atoms with Gasteiger partial charge in [-0.05, 0) is 63.0 Å². The molecule has 0 fully saturated rings. The van der Waals surface area contributed by atoms with Crippen molar-refractivity contribution in [1.29, 1.82) is 0 Å². The van der Waals surface area contributed by atoms with E-state index >= 15 is 0 Å². The maximum atomic E-state index is 5.28. The van der Waals surface area contributed by atoms with Crippen molar-refractivity contribution in [3.05, 3.63) is 41.6 Å². The van der Waals surface area contributed by atoms with Crippen molar-refractivity contribution >= 4 is 11.5 Å². The van der Waals surface area contributed by atoms with Gasteiger partial charge in [0.25, 0.3) is 0 Å². The van der Waals surface area contributed by atoms with Crippen LogP contribution in [0.25, 0.3) is 16.9 Å². The van der Waals surface area contributed by atoms with Gasteiger partial charge in [0.15, 0.2) is 5.65 Å². The molecule has 1 N–H and O–H groups in total. The molecule has 0 saturated carbocycles. The number of anilines is 1. The molecule has 6 heteroatoms. The topological polar surface area (TPSA) is 54.7 Å². The fraction of sp³-hybridized carbons (Fsp3) is 0.478. The number of rotatable bonds is 8. The van der Waals surface area contributed by atoms with E-state index in [2.05, 4.69) is 30.1 Å². The van der Waals surface area contributed by atoms with E-state index in [1.165, 1.54) is 24.1 Å². The van der Waals surface area contributed by atoms with E-state index in [1.807, 2.05) is 28.8 Å². The quantitative estimate of drug-likeness (QED) is 0.626. The Kier molecular flexibility index (Phi) is 6.00. The first-order chi connectivity index (χ1) is 14.2. The van der Waals surface area contributed by atoms with Gasteiger partial charge in [0, 0.05) is 36.0 Å². The van der Waals surface area contributed by atoms with Crippen LogP contribution < -0.4 is 10.1 Å². The number of hydrogen-bond donors (Lipinski definition) is 1. The van der Waals surface area contributed by atoms with Crippen LogP contribution in [0.3, 0.4) is 0 Å². The zero-order chi connectivity index (χ0) is 20.2. The average Bonchev–Trinajstić information content (AvgIpc) is 3.20. The lowest BCUT2D eigenvalue weighted by atomic mass is 9.96. The molecule has 0 radical (unpaired) electrons. The first-order valence-electron chi connectivity index (χ1n) is 10.8. The normalized spacial score (nSPS) is 13.7. The lowest BCUT2D eigenvalue weighted by Crippen LogP contribution is -2.29. The summed E-state index contributed by atoms with van der Waals surface area (Å²) in [5, 5.41) is 8.62. The third-order valence-electron chi connectivity index (χ3n) is 5.88. The van der Waals surface area contributed by atoms with Crippen LogP contribution in [-0.4, -0.2) is 52.8 Å². The Bertz CT molecular complexity index is 960. The summed E-state index contributed by atoms with van der Waals surface area (Å²) in [6, 6.07) is 10.1. The van der Waals surface area contributed by atoms with Crippen molar-refractivity contribution < 1.29 is 4.74 Å². The number of fused-ring (bicyclic) bond motifs is 2. The number of methoxy groups -OCH3 is 1. The number of nitrogens with zero attached hydrogens (tertiary/aromatic N) is 4. The van der Waals surface area contributed by atoms with Crippen LogP contribution in [0, 0.1) is 0 Å². The molecule has 0 unspecified atom stereocenters. The molecule has 154 valence electrons. The Balaban J connectivity index is 1.69. The van der Waals surface area contributed by atoms with Gasteiger partial charge in [0.2, 0.25) is 0 Å². The third kappa shape index (κ3) is 4.08. The molecule has 1 aromatic carbocycles. The summed E-state index contributed by atoms with van der Waals surface area (Å²) in [6.45, 7) is 8.51. The molecule has 0 amide bonds. The number of aryl methyl sites for hydroxylation is 1. The number of nitrogens with one attached hydrogen (secondary N) is 1. The van der Waals surface area contributed by atoms with Crippen LogP contribution in [-0.2, 0) is 12.8 Å². The molecule has 4 rings (SSSR count). The van der Waals surface area contributed by atoms with Gasteiger partial charge in [-0.1, -0.05) is 13.8 Å². The molecule has 2 heterocycles. The summed E-state index contributed by atoms with van der Waals surface area (Å²) in [7, 11) is 1.69. The number of likely N-dealkylation sites (N-methyl/N-ethyl adjacent to an activating group) is 1. The largest absolute Gasteiger partial charge is 0.497 e. The monoisotopic (exact) mass is 393 g/mol. The van der Waals surface area contributed by atoms with Crippen molar-refractivity contribution in [3.8, 4) is 17.0 Å². The summed E-state index contributed by atoms with van der Waals surface area (Å²) in [4.78, 5) is 7.39. The second-order valence-electron chi connectivity index (χ2n) is 7.57. The summed E-state index contributed by atoms with van der Waals surface area (Å²) >= 11 is 0. The van der Waals surface area contributed by atoms with Crippen LogP contribution in [0.4, 0.5) is 5.82 Å². The van der Waals surface area contributed by atoms with Crippen LogP contribution in [0.15, 0.2) is 30.3 Å². The molecule has 0 saturated heterocycles. The zero-order valence-electron chi connectivity index (χ0n) is 17.7. The van der Waals surface area contributed by atoms with E-state index in [0.29, 0.717) is 0 Å². The number of hydrogen-bond acceptors (Lipinski definition) is 5. The lowest BCUT2D eigenvalue weighted by Gasteiger charge is -2.22. The van der Waals surface area contributed by atoms with Crippen molar-refractivity contribution in [1.82, 2.24) is 19.5 Å². The molecule has 0 aliphatic heterocycles. The number of aromatic nitrogens is 3. The van der Waals surface area contributed by atoms with Gasteiger partial charge >= 0.3 is 0 Å². The highest BCUT2D eigenvalue weighted by Crippen LogP contribution is 2.30. The fourth-order valence-electron chi connectivity index (χ4n) is 4.11. The Morgan fingerprint density at radius 2 is 1.86 bits per heavy atom. The van der Waals surface area contributed by atoms with Crippen molar-refractivity contribution in [2.75, 3.05) is 38.6 Å². The van der Waals surface area contributed by atoms with Gasteiger partial charge < -0.3 is 15.0 Å². The Labute approximate surface area is 172 Å². The van der Waals surface area contributed by atoms with Crippen molar-refractivity contribution in [2.24, 2.45) is 0 Å². The van der Waals surface area contributed by atoms with Gasteiger partial charge in [0.05, 0.1) is 12.8 Å². The van der Waals surface area contributed by atoms with Crippen LogP contribution in [0.1, 0.15) is 37.9 Å². The minimum atomic E-state index is 0.852. The molecule has 0 spiro atoms. The van der Waals surface area contributed by atoms with Gasteiger partial charge in [-0.2, -0.15) is 9.61 Å². The van der Waals surface area contributed by atoms with E-state index < -0.39 is 0 Å². The molecule has 0 atom stereocenters. The van der Waals surface area contributed by atoms with Gasteiger partial charge in [-0.15, -0.1) is 0 Å². The molecule has 2 aromatic heterocycles. The van der Waals surface area contributed by atoms with Gasteiger partial charge in [0.1, 0.15) is 11.6 Å². The highest BCUT2D eigenvalue weighted by atomic mass is 16.5. The third-order valence-corrected chi connectivity index (χ3v) is 5.88. The van der Waals surface area contributed by atoms with Gasteiger partial charge in [-0.3, -0.25) is 0 Å². The minimum absolute atomic E-state index is 0.852. The predicted molar refractivity (Wildman–Crippen MR) is 118 cm³/mol. The molecule has 6 nitrogen and oxygen atoms in total. The minimum Gasteiger partial charge on any atom is -0.497 e. The Morgan fingerprint density at radius 3 is 2.59 bits per heavy atom. The maximum Gasteiger partial charge on any atom is 0.158 e. The standard InChI is InChI=1S/C23H31N5O/c1-4-27(5-2)15-14-24-23-19-8-6-7-9-20(19)25-22-16-21(26-28(22)23)17-10-12-18(29-3)13-11-17/h10-13,16,24H,4-9,14-15H2,1-3H3. The first-order valence-corrected chi connectivity index (χ1v) is 10.8. The predicted octanol–water partition coefficient (Wildman–Crippen LogP) is 4.04. The second kappa shape index (κ2) is 8.82. The van der Waals surface area contributed by atoms with E-state index in [4.69, 9.17) is 14.8 Å². The van der Waals surface area contributed by atoms with E-state index in [0.717, 1.165) is 67.5 Å². The average molecular weight is 394 g/mol. The highest BCUT2D eigenvalue weighted by Gasteiger charge is 2.20. The highest BCUT2D eigenvalue weighted by molar-refractivity contribution is 5.67. The summed E-state index contributed by atoms with van der Waals surface area (Å²) in [5.41, 5.74) is 5.50.